The Labute approximate surface area is 107 Å². The summed E-state index contributed by atoms with van der Waals surface area (Å²) in [5.74, 6) is 0. The molecule has 4 aromatic rings. The normalized spacial score (nSPS) is 11.8. The Bertz CT molecular complexity index is 825. The second kappa shape index (κ2) is 3.21. The molecule has 0 aliphatic heterocycles. The molecule has 0 bridgehead atoms. The van der Waals surface area contributed by atoms with Gasteiger partial charge in [-0.1, -0.05) is 64.5 Å². The number of hydrogen-bond donors (Lipinski definition) is 0. The fourth-order valence-electron chi connectivity index (χ4n) is 2.71. The molecule has 0 saturated heterocycles. The monoisotopic (exact) mass is 280 g/mol. The molecule has 0 radical (unpaired) electrons. The van der Waals surface area contributed by atoms with Crippen LogP contribution >= 0.6 is 15.9 Å². The van der Waals surface area contributed by atoms with E-state index in [1.165, 1.54) is 36.8 Å². The Morgan fingerprint density at radius 1 is 0.647 bits per heavy atom. The number of rotatable bonds is 0. The zero-order chi connectivity index (χ0) is 11.4. The van der Waals surface area contributed by atoms with Crippen molar-refractivity contribution >= 4 is 48.2 Å². The predicted molar refractivity (Wildman–Crippen MR) is 77.8 cm³/mol. The lowest BCUT2D eigenvalue weighted by Crippen LogP contribution is -1.74. The molecule has 0 heterocycles. The molecular weight excluding hydrogens is 272 g/mol. The topological polar surface area (TPSA) is 0 Å². The minimum absolute atomic E-state index is 1.19. The first-order valence-electron chi connectivity index (χ1n) is 5.67. The molecule has 0 fully saturated rings. The summed E-state index contributed by atoms with van der Waals surface area (Å²) < 4.78 is 1.19. The lowest BCUT2D eigenvalue weighted by Gasteiger charge is -2.02. The van der Waals surface area contributed by atoms with E-state index in [0.29, 0.717) is 0 Å². The smallest absolute Gasteiger partial charge is 0.0260 e. The van der Waals surface area contributed by atoms with Crippen molar-refractivity contribution < 1.29 is 0 Å². The third-order valence-electron chi connectivity index (χ3n) is 3.46. The van der Waals surface area contributed by atoms with E-state index < -0.39 is 0 Å². The van der Waals surface area contributed by atoms with Crippen LogP contribution in [0.25, 0.3) is 32.3 Å². The Balaban J connectivity index is 2.50. The third kappa shape index (κ3) is 1.18. The van der Waals surface area contributed by atoms with Gasteiger partial charge in [0.25, 0.3) is 0 Å². The molecule has 0 aliphatic carbocycles. The van der Waals surface area contributed by atoms with Crippen LogP contribution in [0.3, 0.4) is 0 Å². The molecule has 0 aliphatic rings. The van der Waals surface area contributed by atoms with E-state index in [2.05, 4.69) is 70.5 Å². The maximum atomic E-state index is 3.65. The largest absolute Gasteiger partial charge is 0.0616 e. The maximum Gasteiger partial charge on any atom is 0.0260 e. The minimum atomic E-state index is 1.19. The standard InChI is InChI=1S/C16H9Br/c17-14-9-12-6-5-10-3-1-2-4-11-7-8-13(14)16(12)15(10)11/h1-9H. The fraction of sp³-hybridized carbons (Fsp3) is 0. The van der Waals surface area contributed by atoms with Gasteiger partial charge in [0.2, 0.25) is 0 Å². The van der Waals surface area contributed by atoms with E-state index in [1.54, 1.807) is 0 Å². The van der Waals surface area contributed by atoms with Gasteiger partial charge in [0.1, 0.15) is 0 Å². The first-order valence-corrected chi connectivity index (χ1v) is 6.46. The van der Waals surface area contributed by atoms with Crippen LogP contribution in [-0.2, 0) is 0 Å². The first kappa shape index (κ1) is 9.43. The van der Waals surface area contributed by atoms with Gasteiger partial charge < -0.3 is 0 Å². The van der Waals surface area contributed by atoms with Gasteiger partial charge in [-0.15, -0.1) is 0 Å². The van der Waals surface area contributed by atoms with Gasteiger partial charge in [-0.2, -0.15) is 0 Å². The van der Waals surface area contributed by atoms with Gasteiger partial charge in [0.15, 0.2) is 0 Å². The minimum Gasteiger partial charge on any atom is -0.0616 e. The zero-order valence-electron chi connectivity index (χ0n) is 9.07. The Kier molecular flexibility index (Phi) is 1.78. The molecule has 0 N–H and O–H groups in total. The molecule has 0 atom stereocenters. The van der Waals surface area contributed by atoms with Crippen LogP contribution < -0.4 is 0 Å². The van der Waals surface area contributed by atoms with Crippen molar-refractivity contribution in [1.82, 2.24) is 0 Å². The highest BCUT2D eigenvalue weighted by Crippen LogP contribution is 2.39. The summed E-state index contributed by atoms with van der Waals surface area (Å²) in [6.45, 7) is 0. The summed E-state index contributed by atoms with van der Waals surface area (Å²) in [5, 5.41) is 7.99. The number of benzene rings is 2. The highest BCUT2D eigenvalue weighted by molar-refractivity contribution is 9.10. The average molecular weight is 281 g/mol. The van der Waals surface area contributed by atoms with Crippen LogP contribution in [0.15, 0.2) is 59.1 Å². The molecule has 0 unspecified atom stereocenters. The highest BCUT2D eigenvalue weighted by Gasteiger charge is 2.10. The van der Waals surface area contributed by atoms with E-state index in [9.17, 15) is 0 Å². The van der Waals surface area contributed by atoms with Crippen molar-refractivity contribution in [1.29, 1.82) is 0 Å². The SMILES string of the molecule is Brc1cc2ccc3ccccc4ccc1c2c34. The second-order valence-corrected chi connectivity index (χ2v) is 5.26. The molecule has 4 rings (SSSR count). The van der Waals surface area contributed by atoms with Crippen LogP contribution in [-0.4, -0.2) is 0 Å². The van der Waals surface area contributed by atoms with Gasteiger partial charge in [-0.3, -0.25) is 0 Å². The van der Waals surface area contributed by atoms with Crippen molar-refractivity contribution in [3.8, 4) is 0 Å². The van der Waals surface area contributed by atoms with E-state index >= 15 is 0 Å². The molecule has 0 amide bonds. The summed E-state index contributed by atoms with van der Waals surface area (Å²) in [5.41, 5.74) is 0. The summed E-state index contributed by atoms with van der Waals surface area (Å²) in [7, 11) is 0. The van der Waals surface area contributed by atoms with Crippen LogP contribution in [0.2, 0.25) is 0 Å². The summed E-state index contributed by atoms with van der Waals surface area (Å²) >= 11 is 3.65. The second-order valence-electron chi connectivity index (χ2n) is 4.41. The van der Waals surface area contributed by atoms with Crippen molar-refractivity contribution in [2.75, 3.05) is 0 Å². The molecule has 17 heavy (non-hydrogen) atoms. The molecule has 4 aromatic carbocycles. The first-order chi connectivity index (χ1) is 8.34. The number of hydrogen-bond acceptors (Lipinski definition) is 0. The van der Waals surface area contributed by atoms with E-state index in [4.69, 9.17) is 0 Å². The van der Waals surface area contributed by atoms with Crippen LogP contribution in [0.4, 0.5) is 0 Å². The highest BCUT2D eigenvalue weighted by atomic mass is 79.9. The van der Waals surface area contributed by atoms with E-state index in [1.807, 2.05) is 0 Å². The van der Waals surface area contributed by atoms with Gasteiger partial charge in [0.05, 0.1) is 0 Å². The van der Waals surface area contributed by atoms with Gasteiger partial charge in [0, 0.05) is 4.47 Å². The van der Waals surface area contributed by atoms with Crippen molar-refractivity contribution in [2.24, 2.45) is 0 Å². The molecular formula is C16H9Br. The van der Waals surface area contributed by atoms with E-state index in [-0.39, 0.29) is 0 Å². The summed E-state index contributed by atoms with van der Waals surface area (Å²) in [4.78, 5) is 0. The average Bonchev–Trinajstić information content (AvgIpc) is 2.55. The van der Waals surface area contributed by atoms with Crippen molar-refractivity contribution in [3.05, 3.63) is 59.1 Å². The van der Waals surface area contributed by atoms with Gasteiger partial charge in [-0.05, 0) is 38.4 Å². The van der Waals surface area contributed by atoms with Crippen molar-refractivity contribution in [2.45, 2.75) is 0 Å². The van der Waals surface area contributed by atoms with Crippen LogP contribution in [0, 0.1) is 0 Å². The predicted octanol–water partition coefficient (Wildman–Crippen LogP) is 5.35. The quantitative estimate of drug-likeness (QED) is 0.408. The molecule has 0 nitrogen and oxygen atoms in total. The van der Waals surface area contributed by atoms with Crippen LogP contribution in [0.5, 0.6) is 0 Å². The summed E-state index contributed by atoms with van der Waals surface area (Å²) in [6.07, 6.45) is 0. The lowest BCUT2D eigenvalue weighted by molar-refractivity contribution is 1.88. The van der Waals surface area contributed by atoms with Gasteiger partial charge >= 0.3 is 0 Å². The third-order valence-corrected chi connectivity index (χ3v) is 4.12. The Morgan fingerprint density at radius 2 is 1.29 bits per heavy atom. The van der Waals surface area contributed by atoms with Crippen LogP contribution in [0.1, 0.15) is 0 Å². The maximum absolute atomic E-state index is 3.65. The Morgan fingerprint density at radius 3 is 2.06 bits per heavy atom. The number of halogens is 1. The molecule has 0 aromatic heterocycles. The van der Waals surface area contributed by atoms with Crippen molar-refractivity contribution in [3.63, 3.8) is 0 Å². The lowest BCUT2D eigenvalue weighted by atomic mass is 10.0. The molecule has 0 saturated carbocycles. The molecule has 1 heteroatoms. The molecule has 0 spiro atoms. The van der Waals surface area contributed by atoms with E-state index in [0.717, 1.165) is 0 Å². The fourth-order valence-corrected chi connectivity index (χ4v) is 3.28. The molecule has 80 valence electrons. The Hall–Kier alpha value is -1.60. The zero-order valence-corrected chi connectivity index (χ0v) is 10.7. The van der Waals surface area contributed by atoms with Gasteiger partial charge in [-0.25, -0.2) is 0 Å². The summed E-state index contributed by atoms with van der Waals surface area (Å²) in [6, 6.07) is 19.6.